The Bertz CT molecular complexity index is 1870. The summed E-state index contributed by atoms with van der Waals surface area (Å²) in [6.07, 6.45) is 62.2. The predicted octanol–water partition coefficient (Wildman–Crippen LogP) is 23.6. The van der Waals surface area contributed by atoms with Gasteiger partial charge in [-0.15, -0.1) is 0 Å². The van der Waals surface area contributed by atoms with Crippen molar-refractivity contribution in [2.24, 2.45) is 5.92 Å². The van der Waals surface area contributed by atoms with Crippen LogP contribution in [0.25, 0.3) is 0 Å². The Kier molecular flexibility index (Phi) is 70.6. The van der Waals surface area contributed by atoms with Gasteiger partial charge in [0.2, 0.25) is 0 Å². The molecule has 0 aromatic rings. The van der Waals surface area contributed by atoms with E-state index in [2.05, 4.69) is 34.6 Å². The van der Waals surface area contributed by atoms with Crippen molar-refractivity contribution in [1.29, 1.82) is 0 Å². The zero-order chi connectivity index (χ0) is 71.9. The molecular formula is C79H154O17P2. The minimum Gasteiger partial charge on any atom is -0.462 e. The minimum atomic E-state index is -4.96. The molecule has 0 saturated carbocycles. The maximum absolute atomic E-state index is 13.1. The lowest BCUT2D eigenvalue weighted by Gasteiger charge is -2.21. The molecule has 0 bridgehead atoms. The first-order chi connectivity index (χ1) is 47.5. The number of rotatable bonds is 79. The molecule has 0 radical (unpaired) electrons. The molecule has 582 valence electrons. The second kappa shape index (κ2) is 72.0. The first-order valence-electron chi connectivity index (χ1n) is 41.1. The summed E-state index contributed by atoms with van der Waals surface area (Å²) in [5.74, 6) is -1.31. The van der Waals surface area contributed by atoms with Gasteiger partial charge in [-0.05, 0) is 31.6 Å². The molecule has 98 heavy (non-hydrogen) atoms. The quantitative estimate of drug-likeness (QED) is 0.0222. The molecule has 0 heterocycles. The van der Waals surface area contributed by atoms with Crippen molar-refractivity contribution in [3.8, 4) is 0 Å². The van der Waals surface area contributed by atoms with Crippen LogP contribution in [-0.4, -0.2) is 96.7 Å². The van der Waals surface area contributed by atoms with Crippen LogP contribution in [0.2, 0.25) is 0 Å². The lowest BCUT2D eigenvalue weighted by molar-refractivity contribution is -0.161. The van der Waals surface area contributed by atoms with Gasteiger partial charge < -0.3 is 33.8 Å². The summed E-state index contributed by atoms with van der Waals surface area (Å²) in [5.41, 5.74) is 0. The van der Waals surface area contributed by atoms with Crippen LogP contribution < -0.4 is 0 Å². The van der Waals surface area contributed by atoms with Crippen molar-refractivity contribution < 1.29 is 80.2 Å². The molecular weight excluding hydrogens is 1280 g/mol. The summed E-state index contributed by atoms with van der Waals surface area (Å²) < 4.78 is 68.7. The van der Waals surface area contributed by atoms with Gasteiger partial charge in [-0.25, -0.2) is 9.13 Å². The molecule has 2 unspecified atom stereocenters. The van der Waals surface area contributed by atoms with Gasteiger partial charge in [-0.1, -0.05) is 369 Å². The Hall–Kier alpha value is -1.94. The average Bonchev–Trinajstić information content (AvgIpc) is 1.12. The van der Waals surface area contributed by atoms with E-state index in [4.69, 9.17) is 37.0 Å². The van der Waals surface area contributed by atoms with Gasteiger partial charge in [0.05, 0.1) is 26.4 Å². The summed E-state index contributed by atoms with van der Waals surface area (Å²) >= 11 is 0. The maximum Gasteiger partial charge on any atom is 0.472 e. The second-order valence-electron chi connectivity index (χ2n) is 28.9. The molecule has 5 atom stereocenters. The Balaban J connectivity index is 5.26. The summed E-state index contributed by atoms with van der Waals surface area (Å²) in [5, 5.41) is 10.6. The molecule has 0 aromatic heterocycles. The molecule has 0 fully saturated rings. The fourth-order valence-electron chi connectivity index (χ4n) is 12.2. The number of esters is 4. The van der Waals surface area contributed by atoms with Crippen LogP contribution in [0.5, 0.6) is 0 Å². The monoisotopic (exact) mass is 1440 g/mol. The van der Waals surface area contributed by atoms with E-state index >= 15 is 0 Å². The van der Waals surface area contributed by atoms with Crippen molar-refractivity contribution in [2.75, 3.05) is 39.6 Å². The third-order valence-electron chi connectivity index (χ3n) is 18.5. The van der Waals surface area contributed by atoms with Crippen LogP contribution >= 0.6 is 15.6 Å². The van der Waals surface area contributed by atoms with Crippen molar-refractivity contribution >= 4 is 39.5 Å². The number of aliphatic hydroxyl groups excluding tert-OH is 1. The molecule has 0 saturated heterocycles. The Morgan fingerprint density at radius 3 is 0.694 bits per heavy atom. The van der Waals surface area contributed by atoms with E-state index in [1.165, 1.54) is 244 Å². The maximum atomic E-state index is 13.1. The Labute approximate surface area is 600 Å². The van der Waals surface area contributed by atoms with Crippen molar-refractivity contribution in [2.45, 2.75) is 438 Å². The first-order valence-corrected chi connectivity index (χ1v) is 44.1. The molecule has 3 N–H and O–H groups in total. The number of phosphoric ester groups is 2. The van der Waals surface area contributed by atoms with E-state index in [1.807, 2.05) is 0 Å². The van der Waals surface area contributed by atoms with Crippen molar-refractivity contribution in [1.82, 2.24) is 0 Å². The highest BCUT2D eigenvalue weighted by Crippen LogP contribution is 2.45. The molecule has 0 spiro atoms. The van der Waals surface area contributed by atoms with Crippen molar-refractivity contribution in [3.63, 3.8) is 0 Å². The van der Waals surface area contributed by atoms with Crippen LogP contribution in [0.1, 0.15) is 420 Å². The number of ether oxygens (including phenoxy) is 4. The highest BCUT2D eigenvalue weighted by molar-refractivity contribution is 7.47. The van der Waals surface area contributed by atoms with E-state index in [0.29, 0.717) is 25.7 Å². The normalized spacial score (nSPS) is 13.9. The molecule has 0 aliphatic carbocycles. The van der Waals surface area contributed by atoms with E-state index < -0.39 is 97.5 Å². The first kappa shape index (κ1) is 96.1. The number of hydrogen-bond acceptors (Lipinski definition) is 15. The number of phosphoric acid groups is 2. The predicted molar refractivity (Wildman–Crippen MR) is 400 cm³/mol. The summed E-state index contributed by atoms with van der Waals surface area (Å²) in [4.78, 5) is 73.0. The van der Waals surface area contributed by atoms with Crippen LogP contribution in [0.15, 0.2) is 0 Å². The SMILES string of the molecule is CCCCCCCCCCCCCCCCCCCC(=O)O[C@H](COC(=O)CCCCCCCCCCCCCCCC(C)C)COP(=O)(O)OC[C@@H](O)COP(=O)(O)OC[C@@H](COC(=O)CCCCCCCCCCCCCC)OC(=O)CCCCCCCCCCCCCCC. The van der Waals surface area contributed by atoms with Gasteiger partial charge in [0, 0.05) is 25.7 Å². The van der Waals surface area contributed by atoms with Crippen molar-refractivity contribution in [3.05, 3.63) is 0 Å². The fraction of sp³-hybridized carbons (Fsp3) is 0.949. The van der Waals surface area contributed by atoms with E-state index in [1.54, 1.807) is 0 Å². The zero-order valence-electron chi connectivity index (χ0n) is 63.9. The third-order valence-corrected chi connectivity index (χ3v) is 20.4. The standard InChI is InChI=1S/C79H154O17P2/c1-6-9-12-15-18-21-24-27-28-29-30-34-40-45-50-55-60-65-79(84)96-75(69-90-77(82)63-58-53-48-43-38-35-31-33-36-41-46-51-56-61-72(4)5)71-94-98(87,88)92-67-73(80)66-91-97(85,86)93-70-74(68-89-76(81)62-57-52-47-42-37-26-23-20-17-14-11-8-3)95-78(83)64-59-54-49-44-39-32-25-22-19-16-13-10-7-2/h72-75,80H,6-71H2,1-5H3,(H,85,86)(H,87,88)/t73-,74+,75+/m0/s1. The molecule has 0 aliphatic rings. The lowest BCUT2D eigenvalue weighted by Crippen LogP contribution is -2.30. The van der Waals surface area contributed by atoms with Crippen LogP contribution in [-0.2, 0) is 65.4 Å². The van der Waals surface area contributed by atoms with Crippen LogP contribution in [0, 0.1) is 5.92 Å². The average molecular weight is 1440 g/mol. The van der Waals surface area contributed by atoms with E-state index in [-0.39, 0.29) is 25.7 Å². The number of carbonyl (C=O) groups excluding carboxylic acids is 4. The van der Waals surface area contributed by atoms with E-state index in [0.717, 1.165) is 95.8 Å². The van der Waals surface area contributed by atoms with Gasteiger partial charge in [-0.2, -0.15) is 0 Å². The smallest absolute Gasteiger partial charge is 0.462 e. The van der Waals surface area contributed by atoms with Crippen LogP contribution in [0.3, 0.4) is 0 Å². The number of aliphatic hydroxyl groups is 1. The van der Waals surface area contributed by atoms with Crippen LogP contribution in [0.4, 0.5) is 0 Å². The molecule has 0 aliphatic heterocycles. The van der Waals surface area contributed by atoms with Gasteiger partial charge in [0.25, 0.3) is 0 Å². The number of unbranched alkanes of at least 4 members (excludes halogenated alkanes) is 51. The zero-order valence-corrected chi connectivity index (χ0v) is 65.7. The Morgan fingerprint density at radius 1 is 0.276 bits per heavy atom. The Morgan fingerprint density at radius 2 is 0.469 bits per heavy atom. The van der Waals surface area contributed by atoms with Gasteiger partial charge in [-0.3, -0.25) is 37.3 Å². The minimum absolute atomic E-state index is 0.108. The van der Waals surface area contributed by atoms with Gasteiger partial charge >= 0.3 is 39.5 Å². The topological polar surface area (TPSA) is 237 Å². The largest absolute Gasteiger partial charge is 0.472 e. The van der Waals surface area contributed by atoms with Gasteiger partial charge in [0.1, 0.15) is 19.3 Å². The highest BCUT2D eigenvalue weighted by Gasteiger charge is 2.30. The van der Waals surface area contributed by atoms with Gasteiger partial charge in [0.15, 0.2) is 12.2 Å². The molecule has 19 heteroatoms. The number of hydrogen-bond donors (Lipinski definition) is 3. The summed E-state index contributed by atoms with van der Waals surface area (Å²) in [6, 6.07) is 0. The fourth-order valence-corrected chi connectivity index (χ4v) is 13.8. The lowest BCUT2D eigenvalue weighted by atomic mass is 10.0. The third kappa shape index (κ3) is 72.4. The summed E-state index contributed by atoms with van der Waals surface area (Å²) in [7, 11) is -9.92. The molecule has 0 amide bonds. The summed E-state index contributed by atoms with van der Waals surface area (Å²) in [6.45, 7) is 7.34. The second-order valence-corrected chi connectivity index (χ2v) is 31.8. The molecule has 0 rings (SSSR count). The molecule has 0 aromatic carbocycles. The number of carbonyl (C=O) groups is 4. The molecule has 17 nitrogen and oxygen atoms in total. The van der Waals surface area contributed by atoms with E-state index in [9.17, 15) is 43.2 Å². The highest BCUT2D eigenvalue weighted by atomic mass is 31.2.